The summed E-state index contributed by atoms with van der Waals surface area (Å²) >= 11 is 0. The Morgan fingerprint density at radius 2 is 2.06 bits per heavy atom. The Balaban J connectivity index is 4.13. The lowest BCUT2D eigenvalue weighted by Crippen LogP contribution is -2.37. The second-order valence-corrected chi connectivity index (χ2v) is 4.13. The maximum atomic E-state index is 11.5. The summed E-state index contributed by atoms with van der Waals surface area (Å²) < 4.78 is 4.58. The quantitative estimate of drug-likeness (QED) is 0.607. The zero-order valence-electron chi connectivity index (χ0n) is 9.36. The number of carboxylic acid groups (broad SMARTS) is 1. The van der Waals surface area contributed by atoms with E-state index >= 15 is 0 Å². The van der Waals surface area contributed by atoms with Crippen molar-refractivity contribution in [1.29, 1.82) is 0 Å². The Hall–Kier alpha value is -1.43. The minimum atomic E-state index is -1.00. The van der Waals surface area contributed by atoms with Crippen LogP contribution in [0.25, 0.3) is 0 Å². The zero-order chi connectivity index (χ0) is 12.8. The van der Waals surface area contributed by atoms with E-state index in [1.807, 2.05) is 0 Å². The summed E-state index contributed by atoms with van der Waals surface area (Å²) in [4.78, 5) is 31.8. The van der Waals surface area contributed by atoms with Crippen molar-refractivity contribution >= 4 is 18.2 Å². The summed E-state index contributed by atoms with van der Waals surface area (Å²) in [6.07, 6.45) is -0.133. The summed E-state index contributed by atoms with van der Waals surface area (Å²) in [6.45, 7) is 4.38. The SMILES string of the molecule is CC(C)(CC(=O)[C@@H](N)CCC(=O)O)O[C]=O. The number of ketones is 1. The van der Waals surface area contributed by atoms with Gasteiger partial charge in [0.2, 0.25) is 0 Å². The molecule has 91 valence electrons. The summed E-state index contributed by atoms with van der Waals surface area (Å²) in [5.74, 6) is -1.33. The number of hydrogen-bond acceptors (Lipinski definition) is 5. The highest BCUT2D eigenvalue weighted by Gasteiger charge is 2.26. The van der Waals surface area contributed by atoms with Gasteiger partial charge in [-0.25, -0.2) is 4.79 Å². The lowest BCUT2D eigenvalue weighted by Gasteiger charge is -2.22. The van der Waals surface area contributed by atoms with Gasteiger partial charge in [-0.15, -0.1) is 0 Å². The molecule has 6 nitrogen and oxygen atoms in total. The number of carboxylic acids is 1. The van der Waals surface area contributed by atoms with E-state index in [9.17, 15) is 14.4 Å². The molecule has 0 aliphatic rings. The number of nitrogens with two attached hydrogens (primary N) is 1. The lowest BCUT2D eigenvalue weighted by molar-refractivity contribution is -0.137. The highest BCUT2D eigenvalue weighted by Crippen LogP contribution is 2.15. The van der Waals surface area contributed by atoms with Crippen molar-refractivity contribution < 1.29 is 24.2 Å². The van der Waals surface area contributed by atoms with Crippen molar-refractivity contribution in [2.45, 2.75) is 44.8 Å². The van der Waals surface area contributed by atoms with E-state index in [0.29, 0.717) is 0 Å². The molecule has 1 radical (unpaired) electrons. The minimum absolute atomic E-state index is 0.0526. The molecule has 3 N–H and O–H groups in total. The molecule has 0 heterocycles. The van der Waals surface area contributed by atoms with Crippen molar-refractivity contribution in [1.82, 2.24) is 0 Å². The Bertz CT molecular complexity index is 274. The number of carbonyl (C=O) groups is 2. The first kappa shape index (κ1) is 14.6. The Morgan fingerprint density at radius 1 is 1.50 bits per heavy atom. The van der Waals surface area contributed by atoms with Gasteiger partial charge >= 0.3 is 12.4 Å². The normalized spacial score (nSPS) is 12.9. The molecule has 0 aliphatic carbocycles. The standard InChI is InChI=1S/C10H16NO5/c1-10(2,16-6-12)5-8(13)7(11)3-4-9(14)15/h7H,3-5,11H2,1-2H3,(H,14,15)/t7-/m0/s1. The molecule has 0 aromatic carbocycles. The van der Waals surface area contributed by atoms with Crippen molar-refractivity contribution in [2.24, 2.45) is 5.73 Å². The lowest BCUT2D eigenvalue weighted by atomic mass is 9.96. The molecule has 0 saturated carbocycles. The number of aliphatic carboxylic acids is 1. The van der Waals surface area contributed by atoms with E-state index < -0.39 is 17.6 Å². The average Bonchev–Trinajstić information content (AvgIpc) is 2.12. The second kappa shape index (κ2) is 6.22. The van der Waals surface area contributed by atoms with Crippen LogP contribution < -0.4 is 5.73 Å². The molecular formula is C10H16NO5. The maximum absolute atomic E-state index is 11.5. The first-order valence-electron chi connectivity index (χ1n) is 4.84. The van der Waals surface area contributed by atoms with Gasteiger partial charge in [-0.05, 0) is 20.3 Å². The van der Waals surface area contributed by atoms with Crippen molar-refractivity contribution in [3.63, 3.8) is 0 Å². The van der Waals surface area contributed by atoms with Crippen molar-refractivity contribution in [3.8, 4) is 0 Å². The Kier molecular flexibility index (Phi) is 5.66. The highest BCUT2D eigenvalue weighted by atomic mass is 16.5. The third-order valence-electron chi connectivity index (χ3n) is 2.00. The molecular weight excluding hydrogens is 214 g/mol. The van der Waals surface area contributed by atoms with Crippen LogP contribution in [-0.4, -0.2) is 35.0 Å². The zero-order valence-corrected chi connectivity index (χ0v) is 9.36. The molecule has 0 saturated heterocycles. The van der Waals surface area contributed by atoms with Crippen LogP contribution >= 0.6 is 0 Å². The van der Waals surface area contributed by atoms with Crippen LogP contribution in [0, 0.1) is 0 Å². The van der Waals surface area contributed by atoms with Gasteiger partial charge in [0.05, 0.1) is 6.04 Å². The Morgan fingerprint density at radius 3 is 2.50 bits per heavy atom. The smallest absolute Gasteiger partial charge is 0.418 e. The molecule has 0 unspecified atom stereocenters. The summed E-state index contributed by atoms with van der Waals surface area (Å²) in [7, 11) is 0. The monoisotopic (exact) mass is 230 g/mol. The topological polar surface area (TPSA) is 107 Å². The molecule has 0 bridgehead atoms. The number of ether oxygens (including phenoxy) is 1. The minimum Gasteiger partial charge on any atom is -0.481 e. The van der Waals surface area contributed by atoms with E-state index in [0.717, 1.165) is 0 Å². The van der Waals surface area contributed by atoms with Gasteiger partial charge in [0.1, 0.15) is 5.60 Å². The van der Waals surface area contributed by atoms with Crippen LogP contribution in [0.1, 0.15) is 33.1 Å². The van der Waals surface area contributed by atoms with Crippen LogP contribution in [-0.2, 0) is 19.1 Å². The Labute approximate surface area is 93.8 Å². The van der Waals surface area contributed by atoms with E-state index in [1.165, 1.54) is 6.47 Å². The average molecular weight is 230 g/mol. The van der Waals surface area contributed by atoms with Gasteiger partial charge in [-0.2, -0.15) is 0 Å². The summed E-state index contributed by atoms with van der Waals surface area (Å²) in [5.41, 5.74) is 4.54. The van der Waals surface area contributed by atoms with Crippen molar-refractivity contribution in [3.05, 3.63) is 0 Å². The highest BCUT2D eigenvalue weighted by molar-refractivity contribution is 5.85. The van der Waals surface area contributed by atoms with Gasteiger partial charge in [0.25, 0.3) is 0 Å². The number of Topliss-reactive ketones (excluding diaryl/α,β-unsaturated/α-hetero) is 1. The van der Waals surface area contributed by atoms with Gasteiger partial charge in [0.15, 0.2) is 5.78 Å². The molecule has 0 aliphatic heterocycles. The van der Waals surface area contributed by atoms with Crippen LogP contribution in [0.2, 0.25) is 0 Å². The van der Waals surface area contributed by atoms with Gasteiger partial charge in [-0.3, -0.25) is 9.59 Å². The molecule has 0 spiro atoms. The van der Waals surface area contributed by atoms with E-state index in [4.69, 9.17) is 10.8 Å². The van der Waals surface area contributed by atoms with Crippen LogP contribution in [0.15, 0.2) is 0 Å². The van der Waals surface area contributed by atoms with Gasteiger partial charge < -0.3 is 15.6 Å². The summed E-state index contributed by atoms with van der Waals surface area (Å²) in [6, 6.07) is -0.842. The number of carbonyl (C=O) groups excluding carboxylic acids is 2. The fraction of sp³-hybridized carbons (Fsp3) is 0.700. The molecule has 0 fully saturated rings. The third kappa shape index (κ3) is 6.13. The molecule has 6 heteroatoms. The fourth-order valence-electron chi connectivity index (χ4n) is 1.14. The second-order valence-electron chi connectivity index (χ2n) is 4.13. The molecule has 16 heavy (non-hydrogen) atoms. The predicted octanol–water partition coefficient (Wildman–Crippen LogP) is 0.0001000. The predicted molar refractivity (Wildman–Crippen MR) is 55.3 cm³/mol. The third-order valence-corrected chi connectivity index (χ3v) is 2.00. The van der Waals surface area contributed by atoms with E-state index in [-0.39, 0.29) is 25.0 Å². The van der Waals surface area contributed by atoms with Gasteiger partial charge in [0, 0.05) is 12.8 Å². The number of hydrogen-bond donors (Lipinski definition) is 2. The molecule has 1 atom stereocenters. The van der Waals surface area contributed by atoms with E-state index in [2.05, 4.69) is 4.74 Å². The maximum Gasteiger partial charge on any atom is 0.418 e. The van der Waals surface area contributed by atoms with E-state index in [1.54, 1.807) is 13.8 Å². The van der Waals surface area contributed by atoms with Crippen LogP contribution in [0.5, 0.6) is 0 Å². The first-order chi connectivity index (χ1) is 7.28. The van der Waals surface area contributed by atoms with Crippen LogP contribution in [0.3, 0.4) is 0 Å². The van der Waals surface area contributed by atoms with Gasteiger partial charge in [-0.1, -0.05) is 0 Å². The fourth-order valence-corrected chi connectivity index (χ4v) is 1.14. The molecule has 0 amide bonds. The number of rotatable bonds is 8. The molecule has 0 rings (SSSR count). The molecule has 0 aromatic heterocycles. The van der Waals surface area contributed by atoms with Crippen LogP contribution in [0.4, 0.5) is 0 Å². The summed E-state index contributed by atoms with van der Waals surface area (Å²) in [5, 5.41) is 8.42. The first-order valence-corrected chi connectivity index (χ1v) is 4.84. The van der Waals surface area contributed by atoms with Crippen molar-refractivity contribution in [2.75, 3.05) is 0 Å². The molecule has 0 aromatic rings. The largest absolute Gasteiger partial charge is 0.481 e.